The Bertz CT molecular complexity index is 820. The van der Waals surface area contributed by atoms with E-state index in [-0.39, 0.29) is 17.6 Å². The molecule has 0 spiro atoms. The highest BCUT2D eigenvalue weighted by atomic mass is 16.4. The standard InChI is InChI=1S/C18H19N3O5/c1-11-15(26-10-19-11)16(22)20-14-4-2-12(3-5-14)17(23)21-8-6-13(7-9-21)18(24)25/h2-5,10,13H,6-9H2,1H3,(H,20,22)(H,24,25). The van der Waals surface area contributed by atoms with E-state index in [1.165, 1.54) is 6.39 Å². The molecule has 1 aliphatic rings. The van der Waals surface area contributed by atoms with Crippen LogP contribution in [0.4, 0.5) is 5.69 Å². The third-order valence-electron chi connectivity index (χ3n) is 4.47. The van der Waals surface area contributed by atoms with Crippen molar-refractivity contribution >= 4 is 23.5 Å². The lowest BCUT2D eigenvalue weighted by molar-refractivity contribution is -0.143. The molecule has 0 saturated carbocycles. The molecule has 0 aliphatic carbocycles. The number of carbonyl (C=O) groups excluding carboxylic acids is 2. The molecule has 2 heterocycles. The van der Waals surface area contributed by atoms with Gasteiger partial charge >= 0.3 is 5.97 Å². The summed E-state index contributed by atoms with van der Waals surface area (Å²) < 4.78 is 5.04. The van der Waals surface area contributed by atoms with Crippen LogP contribution in [0.5, 0.6) is 0 Å². The number of hydrogen-bond acceptors (Lipinski definition) is 5. The fourth-order valence-electron chi connectivity index (χ4n) is 2.92. The van der Waals surface area contributed by atoms with Gasteiger partial charge in [-0.05, 0) is 44.0 Å². The number of amides is 2. The summed E-state index contributed by atoms with van der Waals surface area (Å²) in [4.78, 5) is 41.1. The minimum absolute atomic E-state index is 0.141. The van der Waals surface area contributed by atoms with Crippen LogP contribution in [-0.4, -0.2) is 45.9 Å². The molecule has 1 saturated heterocycles. The van der Waals surface area contributed by atoms with E-state index in [9.17, 15) is 14.4 Å². The molecular formula is C18H19N3O5. The molecule has 1 fully saturated rings. The second-order valence-electron chi connectivity index (χ2n) is 6.20. The van der Waals surface area contributed by atoms with Gasteiger partial charge in [0.25, 0.3) is 11.8 Å². The number of aliphatic carboxylic acids is 1. The number of nitrogens with one attached hydrogen (secondary N) is 1. The summed E-state index contributed by atoms with van der Waals surface area (Å²) in [6.45, 7) is 2.53. The van der Waals surface area contributed by atoms with Gasteiger partial charge in [-0.3, -0.25) is 14.4 Å². The zero-order valence-electron chi connectivity index (χ0n) is 14.3. The van der Waals surface area contributed by atoms with E-state index in [0.717, 1.165) is 0 Å². The average molecular weight is 357 g/mol. The summed E-state index contributed by atoms with van der Waals surface area (Å²) in [7, 11) is 0. The first kappa shape index (κ1) is 17.7. The van der Waals surface area contributed by atoms with Crippen LogP contribution in [0.15, 0.2) is 35.1 Å². The van der Waals surface area contributed by atoms with Gasteiger partial charge < -0.3 is 19.7 Å². The van der Waals surface area contributed by atoms with Gasteiger partial charge in [0.1, 0.15) is 0 Å². The van der Waals surface area contributed by atoms with Gasteiger partial charge in [-0.1, -0.05) is 0 Å². The molecule has 136 valence electrons. The molecule has 2 N–H and O–H groups in total. The summed E-state index contributed by atoms with van der Waals surface area (Å²) >= 11 is 0. The van der Waals surface area contributed by atoms with Crippen molar-refractivity contribution in [1.29, 1.82) is 0 Å². The normalized spacial score (nSPS) is 14.9. The maximum atomic E-state index is 12.5. The number of carboxylic acid groups (broad SMARTS) is 1. The zero-order chi connectivity index (χ0) is 18.7. The number of aryl methyl sites for hydroxylation is 1. The molecule has 8 heteroatoms. The lowest BCUT2D eigenvalue weighted by atomic mass is 9.96. The molecule has 1 aromatic heterocycles. The Morgan fingerprint density at radius 3 is 2.38 bits per heavy atom. The molecule has 1 aliphatic heterocycles. The lowest BCUT2D eigenvalue weighted by Crippen LogP contribution is -2.40. The molecule has 26 heavy (non-hydrogen) atoms. The van der Waals surface area contributed by atoms with Crippen LogP contribution in [0, 0.1) is 12.8 Å². The molecular weight excluding hydrogens is 338 g/mol. The third kappa shape index (κ3) is 3.74. The van der Waals surface area contributed by atoms with Crippen LogP contribution in [0.2, 0.25) is 0 Å². The number of piperidine rings is 1. The van der Waals surface area contributed by atoms with E-state index in [1.54, 1.807) is 36.1 Å². The van der Waals surface area contributed by atoms with Crippen molar-refractivity contribution in [3.8, 4) is 0 Å². The minimum Gasteiger partial charge on any atom is -0.481 e. The van der Waals surface area contributed by atoms with Gasteiger partial charge in [-0.15, -0.1) is 0 Å². The molecule has 3 rings (SSSR count). The van der Waals surface area contributed by atoms with Crippen LogP contribution < -0.4 is 5.32 Å². The molecule has 1 aromatic carbocycles. The molecule has 0 bridgehead atoms. The first-order valence-electron chi connectivity index (χ1n) is 8.29. The van der Waals surface area contributed by atoms with E-state index < -0.39 is 11.9 Å². The smallest absolute Gasteiger partial charge is 0.306 e. The number of carboxylic acids is 1. The van der Waals surface area contributed by atoms with Gasteiger partial charge in [-0.25, -0.2) is 4.98 Å². The molecule has 0 unspecified atom stereocenters. The number of carbonyl (C=O) groups is 3. The van der Waals surface area contributed by atoms with Crippen molar-refractivity contribution in [2.45, 2.75) is 19.8 Å². The Hall–Kier alpha value is -3.16. The Balaban J connectivity index is 1.61. The Morgan fingerprint density at radius 2 is 1.85 bits per heavy atom. The molecule has 2 aromatic rings. The maximum Gasteiger partial charge on any atom is 0.306 e. The Morgan fingerprint density at radius 1 is 1.19 bits per heavy atom. The van der Waals surface area contributed by atoms with Crippen molar-refractivity contribution in [2.24, 2.45) is 5.92 Å². The summed E-state index contributed by atoms with van der Waals surface area (Å²) in [5.74, 6) is -1.59. The zero-order valence-corrected chi connectivity index (χ0v) is 14.3. The second kappa shape index (κ2) is 7.38. The molecule has 2 amide bonds. The van der Waals surface area contributed by atoms with E-state index in [4.69, 9.17) is 9.52 Å². The molecule has 0 atom stereocenters. The van der Waals surface area contributed by atoms with Crippen LogP contribution in [0.25, 0.3) is 0 Å². The predicted octanol–water partition coefficient (Wildman–Crippen LogP) is 2.17. The van der Waals surface area contributed by atoms with E-state index in [0.29, 0.717) is 42.9 Å². The highest BCUT2D eigenvalue weighted by Gasteiger charge is 2.27. The number of hydrogen-bond donors (Lipinski definition) is 2. The highest BCUT2D eigenvalue weighted by molar-refractivity contribution is 6.03. The Kier molecular flexibility index (Phi) is 5.01. The third-order valence-corrected chi connectivity index (χ3v) is 4.47. The van der Waals surface area contributed by atoms with Crippen molar-refractivity contribution in [2.75, 3.05) is 18.4 Å². The van der Waals surface area contributed by atoms with Crippen LogP contribution in [0.1, 0.15) is 39.4 Å². The number of likely N-dealkylation sites (tertiary alicyclic amines) is 1. The molecule has 0 radical (unpaired) electrons. The quantitative estimate of drug-likeness (QED) is 0.867. The lowest BCUT2D eigenvalue weighted by Gasteiger charge is -2.30. The number of benzene rings is 1. The van der Waals surface area contributed by atoms with Crippen LogP contribution in [0.3, 0.4) is 0 Å². The fourth-order valence-corrected chi connectivity index (χ4v) is 2.92. The van der Waals surface area contributed by atoms with Gasteiger partial charge in [-0.2, -0.15) is 0 Å². The first-order chi connectivity index (χ1) is 12.5. The van der Waals surface area contributed by atoms with Crippen molar-refractivity contribution in [1.82, 2.24) is 9.88 Å². The van der Waals surface area contributed by atoms with Gasteiger partial charge in [0, 0.05) is 24.3 Å². The van der Waals surface area contributed by atoms with Crippen LogP contribution in [-0.2, 0) is 4.79 Å². The second-order valence-corrected chi connectivity index (χ2v) is 6.20. The summed E-state index contributed by atoms with van der Waals surface area (Å²) in [5, 5.41) is 11.7. The van der Waals surface area contributed by atoms with E-state index in [2.05, 4.69) is 10.3 Å². The summed E-state index contributed by atoms with van der Waals surface area (Å²) in [6, 6.07) is 6.55. The van der Waals surface area contributed by atoms with E-state index in [1.807, 2.05) is 0 Å². The topological polar surface area (TPSA) is 113 Å². The highest BCUT2D eigenvalue weighted by Crippen LogP contribution is 2.20. The monoisotopic (exact) mass is 357 g/mol. The van der Waals surface area contributed by atoms with E-state index >= 15 is 0 Å². The maximum absolute atomic E-state index is 12.5. The van der Waals surface area contributed by atoms with Crippen molar-refractivity contribution < 1.29 is 23.9 Å². The first-order valence-corrected chi connectivity index (χ1v) is 8.29. The van der Waals surface area contributed by atoms with Crippen molar-refractivity contribution in [3.63, 3.8) is 0 Å². The number of oxazole rings is 1. The minimum atomic E-state index is -0.806. The largest absolute Gasteiger partial charge is 0.481 e. The summed E-state index contributed by atoms with van der Waals surface area (Å²) in [5.41, 5.74) is 1.53. The Labute approximate surface area is 149 Å². The van der Waals surface area contributed by atoms with Crippen molar-refractivity contribution in [3.05, 3.63) is 47.7 Å². The van der Waals surface area contributed by atoms with Gasteiger partial charge in [0.15, 0.2) is 6.39 Å². The van der Waals surface area contributed by atoms with Gasteiger partial charge in [0.05, 0.1) is 11.6 Å². The predicted molar refractivity (Wildman–Crippen MR) is 91.9 cm³/mol. The fraction of sp³-hybridized carbons (Fsp3) is 0.333. The average Bonchev–Trinajstić information content (AvgIpc) is 3.08. The van der Waals surface area contributed by atoms with Gasteiger partial charge in [0.2, 0.25) is 5.76 Å². The van der Waals surface area contributed by atoms with Crippen LogP contribution >= 0.6 is 0 Å². The number of nitrogens with zero attached hydrogens (tertiary/aromatic N) is 2. The number of rotatable bonds is 4. The summed E-state index contributed by atoms with van der Waals surface area (Å²) in [6.07, 6.45) is 2.14. The molecule has 8 nitrogen and oxygen atoms in total. The number of aromatic nitrogens is 1. The SMILES string of the molecule is Cc1ncoc1C(=O)Nc1ccc(C(=O)N2CCC(C(=O)O)CC2)cc1. The number of anilines is 1.